The van der Waals surface area contributed by atoms with Gasteiger partial charge in [0, 0.05) is 112 Å². The Hall–Kier alpha value is -6.16. The molecule has 13 heteroatoms. The Morgan fingerprint density at radius 3 is 0.650 bits per heavy atom. The van der Waals surface area contributed by atoms with E-state index >= 15 is 0 Å². The van der Waals surface area contributed by atoms with Crippen molar-refractivity contribution < 1.29 is 0 Å². The average molecular weight is 1820 g/mol. The van der Waals surface area contributed by atoms with E-state index in [4.69, 9.17) is 0 Å². The average Bonchev–Trinajstić information content (AvgIpc) is 1.52. The van der Waals surface area contributed by atoms with Crippen LogP contribution in [0, 0.1) is 11.5 Å². The summed E-state index contributed by atoms with van der Waals surface area (Å²) in [6.07, 6.45) is 36.7. The van der Waals surface area contributed by atoms with E-state index in [2.05, 4.69) is 261 Å². The molecule has 0 unspecified atom stereocenters. The van der Waals surface area contributed by atoms with Crippen molar-refractivity contribution in [2.75, 3.05) is 0 Å². The van der Waals surface area contributed by atoms with E-state index in [1.807, 2.05) is 136 Å². The number of hydrogen-bond donors (Lipinski definition) is 0. The topological polar surface area (TPSA) is 0 Å². The first-order valence-corrected chi connectivity index (χ1v) is 58.3. The normalized spacial score (nSPS) is 11.8. The van der Waals surface area contributed by atoms with E-state index in [-0.39, 0.29) is 0 Å². The van der Waals surface area contributed by atoms with E-state index in [0.717, 1.165) is 38.5 Å². The smallest absolute Gasteiger partial charge is 0.129 e. The van der Waals surface area contributed by atoms with E-state index in [9.17, 15) is 0 Å². The van der Waals surface area contributed by atoms with Crippen molar-refractivity contribution in [3.63, 3.8) is 0 Å². The lowest BCUT2D eigenvalue weighted by Crippen LogP contribution is -2.16. The first-order valence-electron chi connectivity index (χ1n) is 45.0. The van der Waals surface area contributed by atoms with Gasteiger partial charge in [-0.15, -0.1) is 142 Å². The van der Waals surface area contributed by atoms with Gasteiger partial charge in [-0.05, 0) is 266 Å². The fourth-order valence-electron chi connectivity index (χ4n) is 16.2. The molecule has 0 aliphatic carbocycles. The molecule has 120 heavy (non-hydrogen) atoms. The van der Waals surface area contributed by atoms with Crippen LogP contribution in [0.2, 0.25) is 19.6 Å². The highest BCUT2D eigenvalue weighted by Crippen LogP contribution is 2.54. The third kappa shape index (κ3) is 22.7. The lowest BCUT2D eigenvalue weighted by atomic mass is 9.99. The van der Waals surface area contributed by atoms with Gasteiger partial charge in [0.1, 0.15) is 8.07 Å². The SMILES string of the molecule is CCCCCCc1cc(C#C[Si](C)(C)C)sc1-c1ccc(-c2ccc(-c3sc(-c4cc(-c5cc(CCCCCC)c(-c6ccc(-c7ccc(-c8sc(-c9ccccc9)cc8CCCCCC)s7)s6)s5)cc(-c5cc(CCCCCC)c(-c6ccc(-c7ccc(-c8sc(-c9ccccc9)cc8CCCCCC)s7)s6)s5)c4)cc3CCCCCC)s2)s1. The Morgan fingerprint density at radius 1 is 0.200 bits per heavy atom. The molecule has 0 amide bonds. The second-order valence-electron chi connectivity index (χ2n) is 33.7. The molecule has 0 N–H and O–H groups in total. The van der Waals surface area contributed by atoms with Crippen LogP contribution in [-0.2, 0) is 38.5 Å². The highest BCUT2D eigenvalue weighted by Gasteiger charge is 2.26. The summed E-state index contributed by atoms with van der Waals surface area (Å²) in [4.78, 5) is 33.3. The van der Waals surface area contributed by atoms with Crippen LogP contribution in [0.5, 0.6) is 0 Å². The second kappa shape index (κ2) is 43.6. The van der Waals surface area contributed by atoms with Gasteiger partial charge >= 0.3 is 0 Å². The number of aryl methyl sites for hydroxylation is 6. The molecule has 12 heterocycles. The van der Waals surface area contributed by atoms with Gasteiger partial charge in [-0.1, -0.05) is 243 Å². The molecule has 0 saturated carbocycles. The minimum Gasteiger partial charge on any atom is -0.134 e. The Morgan fingerprint density at radius 2 is 0.417 bits per heavy atom. The van der Waals surface area contributed by atoms with Crippen LogP contribution in [0.4, 0.5) is 0 Å². The number of thiophene rings is 12. The monoisotopic (exact) mass is 1810 g/mol. The number of hydrogen-bond acceptors (Lipinski definition) is 12. The summed E-state index contributed by atoms with van der Waals surface area (Å²) in [5.74, 6) is 3.66. The Kier molecular flexibility index (Phi) is 32.3. The van der Waals surface area contributed by atoms with Crippen LogP contribution >= 0.6 is 136 Å². The maximum atomic E-state index is 3.69. The summed E-state index contributed by atoms with van der Waals surface area (Å²) in [6, 6.07) is 74.4. The molecular formula is C107H118S12Si. The molecular weight excluding hydrogens is 1700 g/mol. The summed E-state index contributed by atoms with van der Waals surface area (Å²) in [7, 11) is -1.53. The Bertz CT molecular complexity index is 5550. The maximum Gasteiger partial charge on any atom is 0.129 e. The van der Waals surface area contributed by atoms with Gasteiger partial charge in [-0.2, -0.15) is 0 Å². The van der Waals surface area contributed by atoms with Crippen molar-refractivity contribution >= 4 is 144 Å². The predicted octanol–water partition coefficient (Wildman–Crippen LogP) is 39.7. The highest BCUT2D eigenvalue weighted by atomic mass is 32.1. The first-order chi connectivity index (χ1) is 58.8. The number of rotatable bonds is 44. The molecule has 0 radical (unpaired) electrons. The fourth-order valence-corrected chi connectivity index (χ4v) is 31.1. The standard InChI is InChI=1S/C107H118S12Si/c1-10-16-22-30-44-75-67-84(62-63-120(7,8)9)108-102(75)91-56-50-85(109-91)86-53-59-94(112-86)105-78(47-33-25-19-13-4)70-99(117-105)81-64-82(100-71-79(48-34-26-20-14-5)106(118-100)95-60-54-89(113-95)87-51-57-92(110-87)103-76(45-31-23-17-11-2)68-97(115-103)73-40-36-28-37-41-73)66-83(65-81)101-72-80(49-35-27-21-15-6)107(119-101)96-61-55-90(114-96)88-52-58-93(111-88)104-77(46-32-24-18-12-3)69-98(116-104)74-42-38-29-39-43-74/h28-29,36-43,50-61,64-72H,10-27,30-35,44-49H2,1-9H3. The van der Waals surface area contributed by atoms with Gasteiger partial charge in [0.25, 0.3) is 0 Å². The van der Waals surface area contributed by atoms with Crippen molar-refractivity contribution in [2.45, 2.75) is 254 Å². The molecule has 15 rings (SSSR count). The van der Waals surface area contributed by atoms with Crippen LogP contribution in [0.15, 0.2) is 188 Å². The van der Waals surface area contributed by atoms with Crippen LogP contribution in [0.25, 0.3) is 140 Å². The van der Waals surface area contributed by atoms with Crippen molar-refractivity contribution in [2.24, 2.45) is 0 Å². The van der Waals surface area contributed by atoms with Crippen molar-refractivity contribution in [3.8, 4) is 151 Å². The molecule has 0 saturated heterocycles. The van der Waals surface area contributed by atoms with Gasteiger partial charge in [0.15, 0.2) is 0 Å². The zero-order valence-electron chi connectivity index (χ0n) is 72.0. The minimum atomic E-state index is -1.53. The third-order valence-electron chi connectivity index (χ3n) is 22.8. The molecule has 0 fully saturated rings. The van der Waals surface area contributed by atoms with Gasteiger partial charge < -0.3 is 0 Å². The molecule has 0 nitrogen and oxygen atoms in total. The lowest BCUT2D eigenvalue weighted by molar-refractivity contribution is 0.668. The predicted molar refractivity (Wildman–Crippen MR) is 554 cm³/mol. The number of unbranched alkanes of at least 4 members (excludes halogenated alkanes) is 18. The highest BCUT2D eigenvalue weighted by molar-refractivity contribution is 7.31. The van der Waals surface area contributed by atoms with Crippen LogP contribution < -0.4 is 0 Å². The summed E-state index contributed by atoms with van der Waals surface area (Å²) in [6.45, 7) is 21.1. The van der Waals surface area contributed by atoms with Crippen molar-refractivity contribution in [3.05, 3.63) is 226 Å². The zero-order chi connectivity index (χ0) is 82.7. The summed E-state index contributed by atoms with van der Waals surface area (Å²) in [5, 5.41) is 0. The lowest BCUT2D eigenvalue weighted by Gasteiger charge is -2.08. The Labute approximate surface area is 767 Å². The molecule has 12 aromatic heterocycles. The van der Waals surface area contributed by atoms with E-state index < -0.39 is 8.07 Å². The van der Waals surface area contributed by atoms with Gasteiger partial charge in [-0.25, -0.2) is 0 Å². The van der Waals surface area contributed by atoms with E-state index in [1.165, 1.54) is 332 Å². The fraction of sp³-hybridized carbons (Fsp3) is 0.364. The maximum absolute atomic E-state index is 3.69. The molecule has 0 aliphatic heterocycles. The van der Waals surface area contributed by atoms with Gasteiger partial charge in [0.05, 0.1) is 4.88 Å². The van der Waals surface area contributed by atoms with E-state index in [1.54, 1.807) is 0 Å². The molecule has 622 valence electrons. The Balaban J connectivity index is 0.814. The largest absolute Gasteiger partial charge is 0.134 e. The molecule has 0 atom stereocenters. The summed E-state index contributed by atoms with van der Waals surface area (Å²) in [5.41, 5.74) is 19.3. The molecule has 3 aromatic carbocycles. The summed E-state index contributed by atoms with van der Waals surface area (Å²) >= 11 is 24.0. The van der Waals surface area contributed by atoms with Gasteiger partial charge in [0.2, 0.25) is 0 Å². The second-order valence-corrected chi connectivity index (χ2v) is 51.2. The minimum absolute atomic E-state index is 1.08. The van der Waals surface area contributed by atoms with Crippen LogP contribution in [-0.4, -0.2) is 8.07 Å². The summed E-state index contributed by atoms with van der Waals surface area (Å²) < 4.78 is 0. The van der Waals surface area contributed by atoms with Crippen molar-refractivity contribution in [1.29, 1.82) is 0 Å². The van der Waals surface area contributed by atoms with Crippen LogP contribution in [0.1, 0.15) is 234 Å². The quantitative estimate of drug-likeness (QED) is 0.0203. The van der Waals surface area contributed by atoms with E-state index in [0.29, 0.717) is 0 Å². The number of benzene rings is 3. The zero-order valence-corrected chi connectivity index (χ0v) is 82.8. The van der Waals surface area contributed by atoms with Gasteiger partial charge in [-0.3, -0.25) is 0 Å². The first kappa shape index (κ1) is 88.7. The third-order valence-corrected chi connectivity index (χ3v) is 39.1. The molecule has 0 bridgehead atoms. The molecule has 0 spiro atoms. The van der Waals surface area contributed by atoms with Crippen LogP contribution in [0.3, 0.4) is 0 Å². The molecule has 0 aliphatic rings. The van der Waals surface area contributed by atoms with Crippen molar-refractivity contribution in [1.82, 2.24) is 0 Å². The molecule has 15 aromatic rings.